The number of ether oxygens (including phenoxy) is 2. The van der Waals surface area contributed by atoms with Crippen LogP contribution in [0.3, 0.4) is 0 Å². The molecule has 0 unspecified atom stereocenters. The molecule has 0 saturated heterocycles. The maximum atomic E-state index is 11.9. The molecule has 1 amide bonds. The molecular weight excluding hydrogens is 278 g/mol. The summed E-state index contributed by atoms with van der Waals surface area (Å²) in [7, 11) is 1.62. The fourth-order valence-corrected chi connectivity index (χ4v) is 2.10. The van der Waals surface area contributed by atoms with E-state index in [0.29, 0.717) is 13.0 Å². The molecule has 1 N–H and O–H groups in total. The van der Waals surface area contributed by atoms with Crippen molar-refractivity contribution in [2.45, 2.75) is 20.3 Å². The van der Waals surface area contributed by atoms with Crippen LogP contribution in [-0.4, -0.2) is 19.6 Å². The molecule has 0 aliphatic carbocycles. The third kappa shape index (κ3) is 4.52. The van der Waals surface area contributed by atoms with Gasteiger partial charge in [-0.25, -0.2) is 0 Å². The highest BCUT2D eigenvalue weighted by atomic mass is 16.5. The van der Waals surface area contributed by atoms with Crippen LogP contribution in [0.5, 0.6) is 11.5 Å². The number of carbonyl (C=O) groups is 1. The highest BCUT2D eigenvalue weighted by molar-refractivity contribution is 5.91. The summed E-state index contributed by atoms with van der Waals surface area (Å²) in [5.41, 5.74) is 3.09. The maximum Gasteiger partial charge on any atom is 0.227 e. The van der Waals surface area contributed by atoms with E-state index >= 15 is 0 Å². The molecule has 0 saturated carbocycles. The Morgan fingerprint density at radius 1 is 1.05 bits per heavy atom. The van der Waals surface area contributed by atoms with E-state index in [1.165, 1.54) is 5.56 Å². The van der Waals surface area contributed by atoms with E-state index in [0.717, 1.165) is 22.7 Å². The molecule has 22 heavy (non-hydrogen) atoms. The lowest BCUT2D eigenvalue weighted by atomic mass is 10.1. The zero-order valence-corrected chi connectivity index (χ0v) is 13.2. The lowest BCUT2D eigenvalue weighted by molar-refractivity contribution is -0.116. The summed E-state index contributed by atoms with van der Waals surface area (Å²) in [6, 6.07) is 13.2. The molecule has 0 spiro atoms. The van der Waals surface area contributed by atoms with E-state index in [4.69, 9.17) is 9.47 Å². The molecule has 0 aliphatic rings. The molecule has 0 radical (unpaired) electrons. The molecule has 116 valence electrons. The lowest BCUT2D eigenvalue weighted by Gasteiger charge is -2.10. The summed E-state index contributed by atoms with van der Waals surface area (Å²) >= 11 is 0. The third-order valence-electron chi connectivity index (χ3n) is 3.31. The minimum absolute atomic E-state index is 0.0551. The number of amides is 1. The summed E-state index contributed by atoms with van der Waals surface area (Å²) in [5, 5.41) is 2.90. The monoisotopic (exact) mass is 299 g/mol. The van der Waals surface area contributed by atoms with Crippen molar-refractivity contribution in [3.05, 3.63) is 53.6 Å². The molecule has 0 fully saturated rings. The Balaban J connectivity index is 1.79. The molecule has 0 atom stereocenters. The minimum atomic E-state index is -0.0551. The van der Waals surface area contributed by atoms with Crippen molar-refractivity contribution in [2.75, 3.05) is 19.0 Å². The number of methoxy groups -OCH3 is 1. The van der Waals surface area contributed by atoms with Gasteiger partial charge in [-0.05, 0) is 49.7 Å². The Bertz CT molecular complexity index is 635. The van der Waals surface area contributed by atoms with Crippen LogP contribution in [0.1, 0.15) is 17.5 Å². The Hall–Kier alpha value is -2.49. The van der Waals surface area contributed by atoms with Crippen LogP contribution in [0.4, 0.5) is 5.69 Å². The van der Waals surface area contributed by atoms with Crippen LogP contribution in [0.2, 0.25) is 0 Å². The van der Waals surface area contributed by atoms with Gasteiger partial charge in [-0.15, -0.1) is 0 Å². The first-order chi connectivity index (χ1) is 10.6. The smallest absolute Gasteiger partial charge is 0.227 e. The zero-order chi connectivity index (χ0) is 15.9. The topological polar surface area (TPSA) is 47.6 Å². The summed E-state index contributed by atoms with van der Waals surface area (Å²) < 4.78 is 10.6. The molecular formula is C18H21NO3. The van der Waals surface area contributed by atoms with Crippen molar-refractivity contribution in [1.29, 1.82) is 0 Å². The van der Waals surface area contributed by atoms with Gasteiger partial charge >= 0.3 is 0 Å². The number of benzene rings is 2. The van der Waals surface area contributed by atoms with Gasteiger partial charge < -0.3 is 14.8 Å². The van der Waals surface area contributed by atoms with Gasteiger partial charge in [0.15, 0.2) is 0 Å². The first-order valence-corrected chi connectivity index (χ1v) is 7.22. The van der Waals surface area contributed by atoms with Gasteiger partial charge in [-0.3, -0.25) is 4.79 Å². The van der Waals surface area contributed by atoms with Crippen molar-refractivity contribution in [3.8, 4) is 11.5 Å². The summed E-state index contributed by atoms with van der Waals surface area (Å²) in [4.78, 5) is 11.9. The van der Waals surface area contributed by atoms with E-state index < -0.39 is 0 Å². The highest BCUT2D eigenvalue weighted by Crippen LogP contribution is 2.18. The number of carbonyl (C=O) groups excluding carboxylic acids is 1. The van der Waals surface area contributed by atoms with E-state index in [1.807, 2.05) is 56.3 Å². The summed E-state index contributed by atoms with van der Waals surface area (Å²) in [5.74, 6) is 1.44. The van der Waals surface area contributed by atoms with Gasteiger partial charge in [0.1, 0.15) is 11.5 Å². The van der Waals surface area contributed by atoms with Gasteiger partial charge in [0.25, 0.3) is 0 Å². The van der Waals surface area contributed by atoms with Gasteiger partial charge in [-0.1, -0.05) is 17.7 Å². The van der Waals surface area contributed by atoms with Crippen LogP contribution in [-0.2, 0) is 4.79 Å². The fourth-order valence-electron chi connectivity index (χ4n) is 2.10. The van der Waals surface area contributed by atoms with Crippen molar-refractivity contribution < 1.29 is 14.3 Å². The second-order valence-corrected chi connectivity index (χ2v) is 5.14. The standard InChI is InChI=1S/C18H21NO3/c1-13-4-9-17(14(2)12-13)19-18(20)10-11-22-16-7-5-15(21-3)6-8-16/h4-9,12H,10-11H2,1-3H3,(H,19,20). The van der Waals surface area contributed by atoms with Crippen molar-refractivity contribution in [2.24, 2.45) is 0 Å². The van der Waals surface area contributed by atoms with Gasteiger partial charge in [0.05, 0.1) is 20.1 Å². The first-order valence-electron chi connectivity index (χ1n) is 7.22. The Kier molecular flexibility index (Phi) is 5.42. The quantitative estimate of drug-likeness (QED) is 0.884. The molecule has 0 bridgehead atoms. The maximum absolute atomic E-state index is 11.9. The Morgan fingerprint density at radius 3 is 2.36 bits per heavy atom. The number of hydrogen-bond donors (Lipinski definition) is 1. The molecule has 2 aromatic carbocycles. The van der Waals surface area contributed by atoms with E-state index in [-0.39, 0.29) is 5.91 Å². The average Bonchev–Trinajstić information content (AvgIpc) is 2.51. The molecule has 0 aromatic heterocycles. The van der Waals surface area contributed by atoms with Gasteiger partial charge in [0.2, 0.25) is 5.91 Å². The van der Waals surface area contributed by atoms with Crippen LogP contribution in [0.15, 0.2) is 42.5 Å². The number of aryl methyl sites for hydroxylation is 2. The lowest BCUT2D eigenvalue weighted by Crippen LogP contribution is -2.15. The largest absolute Gasteiger partial charge is 0.497 e. The Labute approximate surface area is 131 Å². The molecule has 4 heteroatoms. The normalized spacial score (nSPS) is 10.1. The van der Waals surface area contributed by atoms with Gasteiger partial charge in [-0.2, -0.15) is 0 Å². The van der Waals surface area contributed by atoms with Crippen molar-refractivity contribution in [3.63, 3.8) is 0 Å². The molecule has 4 nitrogen and oxygen atoms in total. The van der Waals surface area contributed by atoms with Crippen molar-refractivity contribution >= 4 is 11.6 Å². The zero-order valence-electron chi connectivity index (χ0n) is 13.2. The summed E-state index contributed by atoms with van der Waals surface area (Å²) in [6.07, 6.45) is 0.305. The van der Waals surface area contributed by atoms with E-state index in [1.54, 1.807) is 7.11 Å². The Morgan fingerprint density at radius 2 is 1.73 bits per heavy atom. The highest BCUT2D eigenvalue weighted by Gasteiger charge is 2.05. The van der Waals surface area contributed by atoms with Crippen LogP contribution in [0, 0.1) is 13.8 Å². The SMILES string of the molecule is COc1ccc(OCCC(=O)Nc2ccc(C)cc2C)cc1. The van der Waals surface area contributed by atoms with E-state index in [9.17, 15) is 4.79 Å². The second kappa shape index (κ2) is 7.50. The number of hydrogen-bond acceptors (Lipinski definition) is 3. The number of nitrogens with one attached hydrogen (secondary N) is 1. The summed E-state index contributed by atoms with van der Waals surface area (Å²) in [6.45, 7) is 4.35. The average molecular weight is 299 g/mol. The molecule has 2 aromatic rings. The fraction of sp³-hybridized carbons (Fsp3) is 0.278. The predicted octanol–water partition coefficient (Wildman–Crippen LogP) is 3.72. The predicted molar refractivity (Wildman–Crippen MR) is 87.7 cm³/mol. The van der Waals surface area contributed by atoms with Crippen LogP contribution >= 0.6 is 0 Å². The van der Waals surface area contributed by atoms with Crippen molar-refractivity contribution in [1.82, 2.24) is 0 Å². The molecule has 0 heterocycles. The molecule has 2 rings (SSSR count). The van der Waals surface area contributed by atoms with Gasteiger partial charge in [0, 0.05) is 5.69 Å². The second-order valence-electron chi connectivity index (χ2n) is 5.14. The van der Waals surface area contributed by atoms with Crippen LogP contribution < -0.4 is 14.8 Å². The van der Waals surface area contributed by atoms with Crippen LogP contribution in [0.25, 0.3) is 0 Å². The molecule has 0 aliphatic heterocycles. The first kappa shape index (κ1) is 15.9. The number of rotatable bonds is 6. The third-order valence-corrected chi connectivity index (χ3v) is 3.31. The van der Waals surface area contributed by atoms with E-state index in [2.05, 4.69) is 5.32 Å². The minimum Gasteiger partial charge on any atom is -0.497 e. The number of anilines is 1.